The van der Waals surface area contributed by atoms with Gasteiger partial charge in [0.1, 0.15) is 12.6 Å². The van der Waals surface area contributed by atoms with Crippen LogP contribution in [0.15, 0.2) is 48.5 Å². The van der Waals surface area contributed by atoms with Crippen molar-refractivity contribution in [2.45, 2.75) is 38.8 Å². The monoisotopic (exact) mass is 480 g/mol. The molecule has 0 saturated carbocycles. The van der Waals surface area contributed by atoms with Crippen LogP contribution < -0.4 is 5.32 Å². The average Bonchev–Trinajstić information content (AvgIpc) is 3.35. The molecule has 1 saturated heterocycles. The van der Waals surface area contributed by atoms with Crippen molar-refractivity contribution in [1.29, 1.82) is 0 Å². The minimum absolute atomic E-state index is 0.0711. The molecule has 35 heavy (non-hydrogen) atoms. The molecule has 0 aromatic heterocycles. The average molecular weight is 481 g/mol. The second-order valence-corrected chi connectivity index (χ2v) is 9.73. The van der Waals surface area contributed by atoms with Gasteiger partial charge in [-0.2, -0.15) is 0 Å². The number of aliphatic carboxylic acids is 1. The first-order valence-electron chi connectivity index (χ1n) is 11.8. The van der Waals surface area contributed by atoms with Crippen LogP contribution in [-0.2, 0) is 19.1 Å². The highest BCUT2D eigenvalue weighted by atomic mass is 16.5. The number of benzene rings is 2. The molecule has 0 radical (unpaired) electrons. The number of amides is 2. The smallest absolute Gasteiger partial charge is 0.407 e. The van der Waals surface area contributed by atoms with Crippen molar-refractivity contribution in [3.8, 4) is 11.1 Å². The van der Waals surface area contributed by atoms with E-state index in [9.17, 15) is 19.5 Å². The number of hydrogen-bond donors (Lipinski definition) is 2. The van der Waals surface area contributed by atoms with Crippen LogP contribution in [0.25, 0.3) is 11.1 Å². The van der Waals surface area contributed by atoms with Gasteiger partial charge >= 0.3 is 12.1 Å². The van der Waals surface area contributed by atoms with Gasteiger partial charge in [0.05, 0.1) is 11.5 Å². The number of carbonyl (C=O) groups is 3. The van der Waals surface area contributed by atoms with E-state index in [1.54, 1.807) is 13.8 Å². The van der Waals surface area contributed by atoms with Gasteiger partial charge in [-0.05, 0) is 42.0 Å². The topological polar surface area (TPSA) is 105 Å². The fraction of sp³-hybridized carbons (Fsp3) is 0.444. The van der Waals surface area contributed by atoms with Crippen LogP contribution >= 0.6 is 0 Å². The van der Waals surface area contributed by atoms with E-state index in [2.05, 4.69) is 17.4 Å². The number of hydrogen-bond acceptors (Lipinski definition) is 5. The Balaban J connectivity index is 1.45. The molecule has 2 aromatic carbocycles. The Morgan fingerprint density at radius 1 is 1.11 bits per heavy atom. The molecular weight excluding hydrogens is 448 g/mol. The molecule has 2 aliphatic rings. The Kier molecular flexibility index (Phi) is 6.85. The van der Waals surface area contributed by atoms with E-state index in [0.717, 1.165) is 22.3 Å². The number of ether oxygens (including phenoxy) is 2. The Labute approximate surface area is 205 Å². The summed E-state index contributed by atoms with van der Waals surface area (Å²) in [6, 6.07) is 15.1. The van der Waals surface area contributed by atoms with Crippen LogP contribution in [0.5, 0.6) is 0 Å². The van der Waals surface area contributed by atoms with Gasteiger partial charge in [0, 0.05) is 26.1 Å². The molecule has 4 rings (SSSR count). The fourth-order valence-electron chi connectivity index (χ4n) is 5.07. The number of nitrogens with one attached hydrogen (secondary N) is 1. The maximum atomic E-state index is 13.3. The molecule has 1 aliphatic carbocycles. The SMILES string of the molecule is CO[C@H](C)[C@H](NC(=O)OCC1c2ccccc2-c2ccccc21)C(=O)N1CC(C)C(C)(C(=O)O)C1. The molecule has 0 bridgehead atoms. The normalized spacial score (nSPS) is 22.7. The summed E-state index contributed by atoms with van der Waals surface area (Å²) in [5.74, 6) is -1.65. The zero-order chi connectivity index (χ0) is 25.3. The third-order valence-corrected chi connectivity index (χ3v) is 7.63. The first kappa shape index (κ1) is 24.7. The standard InChI is InChI=1S/C27H32N2O6/c1-16-13-29(15-27(16,3)25(31)32)24(30)23(17(2)34-4)28-26(33)35-14-22-20-11-7-5-9-18(20)19-10-6-8-12-21(19)22/h5-12,16-17,22-23H,13-15H2,1-4H3,(H,28,33)(H,31,32)/t16?,17-,23+,27?/m1/s1. The highest BCUT2D eigenvalue weighted by molar-refractivity contribution is 5.88. The summed E-state index contributed by atoms with van der Waals surface area (Å²) in [4.78, 5) is 39.4. The largest absolute Gasteiger partial charge is 0.481 e. The molecule has 8 nitrogen and oxygen atoms in total. The Morgan fingerprint density at radius 3 is 2.20 bits per heavy atom. The van der Waals surface area contributed by atoms with E-state index in [0.29, 0.717) is 6.54 Å². The van der Waals surface area contributed by atoms with Gasteiger partial charge in [-0.1, -0.05) is 55.5 Å². The summed E-state index contributed by atoms with van der Waals surface area (Å²) in [7, 11) is 1.46. The summed E-state index contributed by atoms with van der Waals surface area (Å²) in [5.41, 5.74) is 3.41. The summed E-state index contributed by atoms with van der Waals surface area (Å²) in [6.45, 7) is 5.63. The van der Waals surface area contributed by atoms with Crippen molar-refractivity contribution in [2.24, 2.45) is 11.3 Å². The predicted molar refractivity (Wildman–Crippen MR) is 130 cm³/mol. The fourth-order valence-corrected chi connectivity index (χ4v) is 5.07. The second kappa shape index (κ2) is 9.70. The van der Waals surface area contributed by atoms with E-state index in [1.807, 2.05) is 43.3 Å². The van der Waals surface area contributed by atoms with Crippen molar-refractivity contribution in [3.63, 3.8) is 0 Å². The lowest BCUT2D eigenvalue weighted by molar-refractivity contribution is -0.149. The summed E-state index contributed by atoms with van der Waals surface area (Å²) < 4.78 is 11.0. The number of carboxylic acids is 1. The highest BCUT2D eigenvalue weighted by Crippen LogP contribution is 2.44. The maximum Gasteiger partial charge on any atom is 0.407 e. The molecular formula is C27H32N2O6. The van der Waals surface area contributed by atoms with E-state index in [4.69, 9.17) is 9.47 Å². The Hall–Kier alpha value is -3.39. The minimum atomic E-state index is -1.04. The summed E-state index contributed by atoms with van der Waals surface area (Å²) in [6.07, 6.45) is -1.35. The molecule has 2 aromatic rings. The zero-order valence-corrected chi connectivity index (χ0v) is 20.5. The summed E-state index contributed by atoms with van der Waals surface area (Å²) in [5, 5.41) is 12.3. The van der Waals surface area contributed by atoms with Crippen molar-refractivity contribution in [1.82, 2.24) is 10.2 Å². The van der Waals surface area contributed by atoms with Crippen molar-refractivity contribution >= 4 is 18.0 Å². The molecule has 2 amide bonds. The van der Waals surface area contributed by atoms with Gasteiger partial charge in [0.2, 0.25) is 5.91 Å². The molecule has 1 fully saturated rings. The molecule has 2 unspecified atom stereocenters. The number of fused-ring (bicyclic) bond motifs is 3. The highest BCUT2D eigenvalue weighted by Gasteiger charge is 2.49. The number of likely N-dealkylation sites (tertiary alicyclic amines) is 1. The van der Waals surface area contributed by atoms with Gasteiger partial charge in [-0.3, -0.25) is 9.59 Å². The quantitative estimate of drug-likeness (QED) is 0.629. The first-order valence-corrected chi connectivity index (χ1v) is 11.8. The van der Waals surface area contributed by atoms with Gasteiger partial charge in [0.25, 0.3) is 0 Å². The van der Waals surface area contributed by atoms with Crippen molar-refractivity contribution in [3.05, 3.63) is 59.7 Å². The second-order valence-electron chi connectivity index (χ2n) is 9.73. The molecule has 0 spiro atoms. The predicted octanol–water partition coefficient (Wildman–Crippen LogP) is 3.50. The Bertz CT molecular complexity index is 1090. The maximum absolute atomic E-state index is 13.3. The minimum Gasteiger partial charge on any atom is -0.481 e. The van der Waals surface area contributed by atoms with Crippen LogP contribution in [0.4, 0.5) is 4.79 Å². The van der Waals surface area contributed by atoms with Crippen LogP contribution in [0, 0.1) is 11.3 Å². The Morgan fingerprint density at radius 2 is 1.69 bits per heavy atom. The number of methoxy groups -OCH3 is 1. The van der Waals surface area contributed by atoms with Gasteiger partial charge in [-0.25, -0.2) is 4.79 Å². The van der Waals surface area contributed by atoms with Crippen molar-refractivity contribution in [2.75, 3.05) is 26.8 Å². The molecule has 1 aliphatic heterocycles. The van der Waals surface area contributed by atoms with Gasteiger partial charge in [-0.15, -0.1) is 0 Å². The van der Waals surface area contributed by atoms with Gasteiger partial charge < -0.3 is 24.8 Å². The third-order valence-electron chi connectivity index (χ3n) is 7.63. The first-order chi connectivity index (χ1) is 16.7. The lowest BCUT2D eigenvalue weighted by atomic mass is 9.81. The van der Waals surface area contributed by atoms with E-state index in [-0.39, 0.29) is 30.9 Å². The number of rotatable bonds is 7. The third kappa shape index (κ3) is 4.50. The molecule has 4 atom stereocenters. The number of alkyl carbamates (subject to hydrolysis) is 1. The van der Waals surface area contributed by atoms with Crippen molar-refractivity contribution < 1.29 is 29.0 Å². The molecule has 2 N–H and O–H groups in total. The number of nitrogens with zero attached hydrogens (tertiary/aromatic N) is 1. The van der Waals surface area contributed by atoms with Gasteiger partial charge in [0.15, 0.2) is 0 Å². The summed E-state index contributed by atoms with van der Waals surface area (Å²) >= 11 is 0. The molecule has 8 heteroatoms. The lowest BCUT2D eigenvalue weighted by Crippen LogP contribution is -2.54. The molecule has 186 valence electrons. The van der Waals surface area contributed by atoms with Crippen LogP contribution in [0.2, 0.25) is 0 Å². The van der Waals surface area contributed by atoms with E-state index >= 15 is 0 Å². The number of carboxylic acid groups (broad SMARTS) is 1. The molecule has 1 heterocycles. The van der Waals surface area contributed by atoms with E-state index < -0.39 is 29.6 Å². The lowest BCUT2D eigenvalue weighted by Gasteiger charge is -2.28. The number of carbonyl (C=O) groups excluding carboxylic acids is 2. The van der Waals surface area contributed by atoms with Crippen LogP contribution in [-0.4, -0.2) is 66.9 Å². The zero-order valence-electron chi connectivity index (χ0n) is 20.5. The van der Waals surface area contributed by atoms with E-state index in [1.165, 1.54) is 12.0 Å². The van der Waals surface area contributed by atoms with Crippen LogP contribution in [0.1, 0.15) is 37.8 Å². The van der Waals surface area contributed by atoms with Crippen LogP contribution in [0.3, 0.4) is 0 Å².